The van der Waals surface area contributed by atoms with Gasteiger partial charge in [0.15, 0.2) is 0 Å². The molecular formula is C17H23N3. The third kappa shape index (κ3) is 3.98. The van der Waals surface area contributed by atoms with E-state index in [0.29, 0.717) is 0 Å². The summed E-state index contributed by atoms with van der Waals surface area (Å²) in [6.45, 7) is 7.20. The summed E-state index contributed by atoms with van der Waals surface area (Å²) >= 11 is 0. The van der Waals surface area contributed by atoms with Gasteiger partial charge in [0.05, 0.1) is 23.8 Å². The van der Waals surface area contributed by atoms with E-state index in [2.05, 4.69) is 65.4 Å². The van der Waals surface area contributed by atoms with Gasteiger partial charge in [-0.05, 0) is 25.0 Å². The average molecular weight is 269 g/mol. The molecular weight excluding hydrogens is 246 g/mol. The molecule has 0 amide bonds. The maximum Gasteiger partial charge on any atom is 0.0576 e. The summed E-state index contributed by atoms with van der Waals surface area (Å²) in [6.07, 6.45) is 4.94. The number of nitrogens with zero attached hydrogens (tertiary/aromatic N) is 2. The minimum Gasteiger partial charge on any atom is -0.384 e. The molecule has 20 heavy (non-hydrogen) atoms. The van der Waals surface area contributed by atoms with Crippen LogP contribution in [0, 0.1) is 0 Å². The van der Waals surface area contributed by atoms with Crippen LogP contribution >= 0.6 is 0 Å². The number of aromatic nitrogens is 1. The van der Waals surface area contributed by atoms with Crippen LogP contribution in [-0.4, -0.2) is 18.1 Å². The molecule has 0 unspecified atom stereocenters. The maximum atomic E-state index is 4.34. The molecule has 1 N–H and O–H groups in total. The average Bonchev–Trinajstić information content (AvgIpc) is 2.52. The Morgan fingerprint density at radius 3 is 2.60 bits per heavy atom. The highest BCUT2D eigenvalue weighted by Crippen LogP contribution is 2.19. The minimum absolute atomic E-state index is 0.913. The van der Waals surface area contributed by atoms with Gasteiger partial charge >= 0.3 is 0 Å². The minimum atomic E-state index is 0.913. The molecule has 1 aromatic carbocycles. The van der Waals surface area contributed by atoms with Crippen LogP contribution in [0.2, 0.25) is 0 Å². The van der Waals surface area contributed by atoms with E-state index in [1.54, 1.807) is 0 Å². The smallest absolute Gasteiger partial charge is 0.0576 e. The largest absolute Gasteiger partial charge is 0.384 e. The van der Waals surface area contributed by atoms with Gasteiger partial charge in [-0.1, -0.05) is 37.3 Å². The van der Waals surface area contributed by atoms with Gasteiger partial charge in [0.1, 0.15) is 0 Å². The number of rotatable bonds is 7. The number of nitrogens with one attached hydrogen (secondary N) is 1. The van der Waals surface area contributed by atoms with Crippen molar-refractivity contribution in [3.63, 3.8) is 0 Å². The molecule has 0 fully saturated rings. The van der Waals surface area contributed by atoms with Gasteiger partial charge in [-0.25, -0.2) is 0 Å². The topological polar surface area (TPSA) is 28.2 Å². The molecule has 0 saturated carbocycles. The van der Waals surface area contributed by atoms with Crippen LogP contribution in [0.15, 0.2) is 48.8 Å². The zero-order valence-electron chi connectivity index (χ0n) is 12.3. The van der Waals surface area contributed by atoms with Crippen molar-refractivity contribution >= 4 is 11.4 Å². The van der Waals surface area contributed by atoms with Crippen LogP contribution in [0.1, 0.15) is 25.8 Å². The van der Waals surface area contributed by atoms with Crippen molar-refractivity contribution in [1.29, 1.82) is 0 Å². The van der Waals surface area contributed by atoms with Gasteiger partial charge in [-0.15, -0.1) is 0 Å². The Bertz CT molecular complexity index is 511. The first-order chi connectivity index (χ1) is 9.83. The zero-order valence-corrected chi connectivity index (χ0v) is 12.3. The van der Waals surface area contributed by atoms with E-state index >= 15 is 0 Å². The second kappa shape index (κ2) is 7.53. The van der Waals surface area contributed by atoms with Crippen LogP contribution in [0.5, 0.6) is 0 Å². The van der Waals surface area contributed by atoms with Gasteiger partial charge in [0.2, 0.25) is 0 Å². The van der Waals surface area contributed by atoms with Crippen LogP contribution in [0.4, 0.5) is 11.4 Å². The summed E-state index contributed by atoms with van der Waals surface area (Å²) in [5.74, 6) is 0. The molecule has 3 heteroatoms. The standard InChI is InChI=1S/C17H23N3/c1-3-10-19-16-11-17(13-18-12-16)20(4-2)14-15-8-6-5-7-9-15/h5-9,11-13,19H,3-4,10,14H2,1-2H3. The molecule has 1 heterocycles. The van der Waals surface area contributed by atoms with E-state index in [1.165, 1.54) is 5.56 Å². The van der Waals surface area contributed by atoms with E-state index in [0.717, 1.165) is 37.4 Å². The highest BCUT2D eigenvalue weighted by Gasteiger charge is 2.06. The lowest BCUT2D eigenvalue weighted by Gasteiger charge is -2.23. The lowest BCUT2D eigenvalue weighted by atomic mass is 10.2. The Balaban J connectivity index is 2.10. The third-order valence-corrected chi connectivity index (χ3v) is 3.27. The summed E-state index contributed by atoms with van der Waals surface area (Å²) in [5, 5.41) is 3.39. The summed E-state index contributed by atoms with van der Waals surface area (Å²) in [7, 11) is 0. The van der Waals surface area contributed by atoms with Crippen LogP contribution in [0.25, 0.3) is 0 Å². The number of hydrogen-bond donors (Lipinski definition) is 1. The van der Waals surface area contributed by atoms with E-state index in [1.807, 2.05) is 12.4 Å². The molecule has 1 aromatic heterocycles. The second-order valence-electron chi connectivity index (χ2n) is 4.86. The van der Waals surface area contributed by atoms with E-state index < -0.39 is 0 Å². The Morgan fingerprint density at radius 1 is 1.10 bits per heavy atom. The first kappa shape index (κ1) is 14.4. The quantitative estimate of drug-likeness (QED) is 0.825. The highest BCUT2D eigenvalue weighted by molar-refractivity contribution is 5.55. The van der Waals surface area contributed by atoms with Crippen molar-refractivity contribution in [1.82, 2.24) is 4.98 Å². The van der Waals surface area contributed by atoms with Gasteiger partial charge in [0, 0.05) is 19.6 Å². The normalized spacial score (nSPS) is 10.3. The summed E-state index contributed by atoms with van der Waals surface area (Å²) < 4.78 is 0. The molecule has 0 aliphatic rings. The fourth-order valence-corrected chi connectivity index (χ4v) is 2.16. The van der Waals surface area contributed by atoms with Gasteiger partial charge < -0.3 is 10.2 Å². The molecule has 2 rings (SSSR count). The van der Waals surface area contributed by atoms with Crippen LogP contribution in [0.3, 0.4) is 0 Å². The molecule has 106 valence electrons. The predicted octanol–water partition coefficient (Wildman–Crippen LogP) is 3.93. The monoisotopic (exact) mass is 269 g/mol. The van der Waals surface area contributed by atoms with Gasteiger partial charge in [-0.2, -0.15) is 0 Å². The van der Waals surface area contributed by atoms with Crippen molar-refractivity contribution in [2.24, 2.45) is 0 Å². The number of anilines is 2. The molecule has 0 aliphatic carbocycles. The zero-order chi connectivity index (χ0) is 14.2. The molecule has 0 radical (unpaired) electrons. The van der Waals surface area contributed by atoms with Crippen molar-refractivity contribution < 1.29 is 0 Å². The van der Waals surface area contributed by atoms with E-state index in [-0.39, 0.29) is 0 Å². The van der Waals surface area contributed by atoms with E-state index in [9.17, 15) is 0 Å². The summed E-state index contributed by atoms with van der Waals surface area (Å²) in [5.41, 5.74) is 3.58. The molecule has 0 saturated heterocycles. The number of benzene rings is 1. The molecule has 3 nitrogen and oxygen atoms in total. The highest BCUT2D eigenvalue weighted by atomic mass is 15.1. The summed E-state index contributed by atoms with van der Waals surface area (Å²) in [4.78, 5) is 6.68. The lowest BCUT2D eigenvalue weighted by molar-refractivity contribution is 0.828. The van der Waals surface area contributed by atoms with E-state index in [4.69, 9.17) is 0 Å². The predicted molar refractivity (Wildman–Crippen MR) is 86.2 cm³/mol. The van der Waals surface area contributed by atoms with Gasteiger partial charge in [-0.3, -0.25) is 4.98 Å². The lowest BCUT2D eigenvalue weighted by Crippen LogP contribution is -2.22. The maximum absolute atomic E-state index is 4.34. The molecule has 0 spiro atoms. The van der Waals surface area contributed by atoms with Crippen molar-refractivity contribution in [3.05, 3.63) is 54.4 Å². The first-order valence-electron chi connectivity index (χ1n) is 7.31. The van der Waals surface area contributed by atoms with Crippen molar-refractivity contribution in [3.8, 4) is 0 Å². The second-order valence-corrected chi connectivity index (χ2v) is 4.86. The fourth-order valence-electron chi connectivity index (χ4n) is 2.16. The molecule has 0 atom stereocenters. The fraction of sp³-hybridized carbons (Fsp3) is 0.353. The third-order valence-electron chi connectivity index (χ3n) is 3.27. The van der Waals surface area contributed by atoms with Crippen LogP contribution in [-0.2, 0) is 6.54 Å². The SMILES string of the molecule is CCCNc1cncc(N(CC)Cc2ccccc2)c1. The molecule has 0 aliphatic heterocycles. The Hall–Kier alpha value is -2.03. The Morgan fingerprint density at radius 2 is 1.90 bits per heavy atom. The molecule has 0 bridgehead atoms. The van der Waals surface area contributed by atoms with Crippen LogP contribution < -0.4 is 10.2 Å². The number of hydrogen-bond acceptors (Lipinski definition) is 3. The molecule has 2 aromatic rings. The number of pyridine rings is 1. The first-order valence-corrected chi connectivity index (χ1v) is 7.31. The van der Waals surface area contributed by atoms with Gasteiger partial charge in [0.25, 0.3) is 0 Å². The van der Waals surface area contributed by atoms with Crippen molar-refractivity contribution in [2.45, 2.75) is 26.8 Å². The van der Waals surface area contributed by atoms with Crippen molar-refractivity contribution in [2.75, 3.05) is 23.3 Å². The summed E-state index contributed by atoms with van der Waals surface area (Å²) in [6, 6.07) is 12.7. The Kier molecular flexibility index (Phi) is 5.42. The Labute approximate surface area is 121 Å².